The second kappa shape index (κ2) is 4.75. The predicted octanol–water partition coefficient (Wildman–Crippen LogP) is 4.79. The summed E-state index contributed by atoms with van der Waals surface area (Å²) in [5, 5.41) is 3.18. The van der Waals surface area contributed by atoms with Gasteiger partial charge in [-0.3, -0.25) is 0 Å². The highest BCUT2D eigenvalue weighted by molar-refractivity contribution is 7.13. The number of hydrogen-bond donors (Lipinski definition) is 0. The molecule has 18 heavy (non-hydrogen) atoms. The zero-order chi connectivity index (χ0) is 12.4. The van der Waals surface area contributed by atoms with Gasteiger partial charge in [0.25, 0.3) is 0 Å². The molecule has 1 nitrogen and oxygen atoms in total. The molecule has 3 aromatic rings. The van der Waals surface area contributed by atoms with Crippen LogP contribution in [0.25, 0.3) is 21.7 Å². The van der Waals surface area contributed by atoms with E-state index >= 15 is 0 Å². The van der Waals surface area contributed by atoms with Crippen molar-refractivity contribution in [2.45, 2.75) is 6.92 Å². The Bertz CT molecular complexity index is 656. The van der Waals surface area contributed by atoms with E-state index in [9.17, 15) is 0 Å². The lowest BCUT2D eigenvalue weighted by Crippen LogP contribution is -1.84. The Morgan fingerprint density at radius 3 is 2.17 bits per heavy atom. The van der Waals surface area contributed by atoms with Crippen LogP contribution in [0.15, 0.2) is 60.0 Å². The van der Waals surface area contributed by atoms with E-state index in [0.717, 1.165) is 10.7 Å². The van der Waals surface area contributed by atoms with Crippen molar-refractivity contribution in [1.82, 2.24) is 4.98 Å². The highest BCUT2D eigenvalue weighted by Gasteiger charge is 2.09. The van der Waals surface area contributed by atoms with E-state index in [1.54, 1.807) is 11.3 Å². The Hall–Kier alpha value is -1.93. The third kappa shape index (κ3) is 2.07. The highest BCUT2D eigenvalue weighted by Crippen LogP contribution is 2.33. The molecule has 0 radical (unpaired) electrons. The van der Waals surface area contributed by atoms with Gasteiger partial charge in [0, 0.05) is 16.6 Å². The maximum Gasteiger partial charge on any atom is 0.124 e. The molecule has 0 atom stereocenters. The van der Waals surface area contributed by atoms with Crippen molar-refractivity contribution in [2.75, 3.05) is 0 Å². The number of rotatable bonds is 2. The van der Waals surface area contributed by atoms with Crippen LogP contribution in [0.4, 0.5) is 0 Å². The van der Waals surface area contributed by atoms with Crippen LogP contribution in [0.1, 0.15) is 5.69 Å². The molecular formula is C16H13NS. The number of nitrogens with zero attached hydrogens (tertiary/aromatic N) is 1. The van der Waals surface area contributed by atoms with Gasteiger partial charge in [0.1, 0.15) is 5.01 Å². The molecule has 1 heterocycles. The second-order valence-corrected chi connectivity index (χ2v) is 5.06. The lowest BCUT2D eigenvalue weighted by atomic mass is 10.0. The minimum atomic E-state index is 1.08. The molecule has 2 heteroatoms. The fourth-order valence-electron chi connectivity index (χ4n) is 2.02. The minimum absolute atomic E-state index is 1.08. The molecule has 0 spiro atoms. The van der Waals surface area contributed by atoms with Gasteiger partial charge in [-0.05, 0) is 18.1 Å². The van der Waals surface area contributed by atoms with Crippen molar-refractivity contribution in [3.63, 3.8) is 0 Å². The molecule has 3 rings (SSSR count). The smallest absolute Gasteiger partial charge is 0.124 e. The molecule has 0 N–H and O–H groups in total. The monoisotopic (exact) mass is 251 g/mol. The molecule has 0 saturated heterocycles. The van der Waals surface area contributed by atoms with Crippen molar-refractivity contribution < 1.29 is 0 Å². The molecule has 0 bridgehead atoms. The van der Waals surface area contributed by atoms with Gasteiger partial charge in [-0.25, -0.2) is 4.98 Å². The Morgan fingerprint density at radius 1 is 0.833 bits per heavy atom. The third-order valence-electron chi connectivity index (χ3n) is 2.86. The fraction of sp³-hybridized carbons (Fsp3) is 0.0625. The van der Waals surface area contributed by atoms with Gasteiger partial charge in [-0.1, -0.05) is 54.6 Å². The molecule has 0 aliphatic carbocycles. The molecular weight excluding hydrogens is 238 g/mol. The van der Waals surface area contributed by atoms with Crippen molar-refractivity contribution in [1.29, 1.82) is 0 Å². The number of aromatic nitrogens is 1. The largest absolute Gasteiger partial charge is 0.241 e. The van der Waals surface area contributed by atoms with Crippen LogP contribution >= 0.6 is 11.3 Å². The third-order valence-corrected chi connectivity index (χ3v) is 3.85. The van der Waals surface area contributed by atoms with Gasteiger partial charge in [0.2, 0.25) is 0 Å². The maximum absolute atomic E-state index is 4.59. The van der Waals surface area contributed by atoms with E-state index in [1.807, 2.05) is 13.0 Å². The Labute approximate surface area is 111 Å². The van der Waals surface area contributed by atoms with Gasteiger partial charge in [0.15, 0.2) is 0 Å². The summed E-state index contributed by atoms with van der Waals surface area (Å²) in [6, 6.07) is 18.9. The molecule has 88 valence electrons. The standard InChI is InChI=1S/C16H13NS/c1-12-11-18-16(17-12)15-10-6-5-9-14(15)13-7-3-2-4-8-13/h2-11H,1H3. The Kier molecular flexibility index (Phi) is 2.95. The summed E-state index contributed by atoms with van der Waals surface area (Å²) in [6.07, 6.45) is 0. The molecule has 0 aliphatic heterocycles. The zero-order valence-electron chi connectivity index (χ0n) is 10.1. The molecule has 2 aromatic carbocycles. The zero-order valence-corrected chi connectivity index (χ0v) is 10.9. The molecule has 0 unspecified atom stereocenters. The lowest BCUT2D eigenvalue weighted by Gasteiger charge is -2.07. The van der Waals surface area contributed by atoms with Crippen LogP contribution in [-0.4, -0.2) is 4.98 Å². The molecule has 0 amide bonds. The van der Waals surface area contributed by atoms with Crippen molar-refractivity contribution in [3.8, 4) is 21.7 Å². The summed E-state index contributed by atoms with van der Waals surface area (Å²) in [5.41, 5.74) is 4.77. The number of thiazole rings is 1. The van der Waals surface area contributed by atoms with E-state index in [2.05, 4.69) is 58.9 Å². The van der Waals surface area contributed by atoms with E-state index in [-0.39, 0.29) is 0 Å². The van der Waals surface area contributed by atoms with Crippen molar-refractivity contribution >= 4 is 11.3 Å². The summed E-state index contributed by atoms with van der Waals surface area (Å²) in [6.45, 7) is 2.03. The summed E-state index contributed by atoms with van der Waals surface area (Å²) in [7, 11) is 0. The van der Waals surface area contributed by atoms with Gasteiger partial charge >= 0.3 is 0 Å². The summed E-state index contributed by atoms with van der Waals surface area (Å²) in [4.78, 5) is 4.59. The highest BCUT2D eigenvalue weighted by atomic mass is 32.1. The molecule has 0 fully saturated rings. The van der Waals surface area contributed by atoms with Crippen molar-refractivity contribution in [2.24, 2.45) is 0 Å². The van der Waals surface area contributed by atoms with Crippen LogP contribution in [0, 0.1) is 6.92 Å². The van der Waals surface area contributed by atoms with Crippen LogP contribution in [0.5, 0.6) is 0 Å². The van der Waals surface area contributed by atoms with Crippen molar-refractivity contribution in [3.05, 3.63) is 65.7 Å². The quantitative estimate of drug-likeness (QED) is 0.638. The molecule has 0 saturated carbocycles. The predicted molar refractivity (Wildman–Crippen MR) is 77.7 cm³/mol. The minimum Gasteiger partial charge on any atom is -0.241 e. The van der Waals surface area contributed by atoms with Gasteiger partial charge in [-0.2, -0.15) is 0 Å². The summed E-state index contributed by atoms with van der Waals surface area (Å²) < 4.78 is 0. The topological polar surface area (TPSA) is 12.9 Å². The number of benzene rings is 2. The first-order valence-corrected chi connectivity index (χ1v) is 6.79. The first-order chi connectivity index (χ1) is 8.84. The van der Waals surface area contributed by atoms with Gasteiger partial charge in [-0.15, -0.1) is 11.3 Å². The molecule has 1 aromatic heterocycles. The van der Waals surface area contributed by atoms with Gasteiger partial charge < -0.3 is 0 Å². The second-order valence-electron chi connectivity index (χ2n) is 4.21. The van der Waals surface area contributed by atoms with Gasteiger partial charge in [0.05, 0.1) is 0 Å². The van der Waals surface area contributed by atoms with E-state index in [1.165, 1.54) is 16.7 Å². The number of hydrogen-bond acceptors (Lipinski definition) is 2. The molecule has 0 aliphatic rings. The summed E-state index contributed by atoms with van der Waals surface area (Å²) in [5.74, 6) is 0. The van der Waals surface area contributed by atoms with Crippen LogP contribution in [-0.2, 0) is 0 Å². The Morgan fingerprint density at radius 2 is 1.50 bits per heavy atom. The SMILES string of the molecule is Cc1csc(-c2ccccc2-c2ccccc2)n1. The van der Waals surface area contributed by atoms with Crippen LogP contribution < -0.4 is 0 Å². The average Bonchev–Trinajstić information content (AvgIpc) is 2.86. The van der Waals surface area contributed by atoms with E-state index < -0.39 is 0 Å². The lowest BCUT2D eigenvalue weighted by molar-refractivity contribution is 1.27. The van der Waals surface area contributed by atoms with E-state index in [4.69, 9.17) is 0 Å². The van der Waals surface area contributed by atoms with E-state index in [0.29, 0.717) is 0 Å². The number of aryl methyl sites for hydroxylation is 1. The fourth-order valence-corrected chi connectivity index (χ4v) is 2.85. The van der Waals surface area contributed by atoms with Crippen LogP contribution in [0.3, 0.4) is 0 Å². The normalized spacial score (nSPS) is 10.5. The van der Waals surface area contributed by atoms with Crippen LogP contribution in [0.2, 0.25) is 0 Å². The first-order valence-electron chi connectivity index (χ1n) is 5.91. The Balaban J connectivity index is 2.17. The summed E-state index contributed by atoms with van der Waals surface area (Å²) >= 11 is 1.70. The average molecular weight is 251 g/mol. The first kappa shape index (κ1) is 11.2. The maximum atomic E-state index is 4.59.